The van der Waals surface area contributed by atoms with Crippen molar-refractivity contribution in [3.63, 3.8) is 0 Å². The second-order valence-electron chi connectivity index (χ2n) is 4.44. The Balaban J connectivity index is 2.49. The third-order valence-corrected chi connectivity index (χ3v) is 5.45. The van der Waals surface area contributed by atoms with Crippen LogP contribution in [-0.2, 0) is 14.8 Å². The number of ether oxygens (including phenoxy) is 1. The highest BCUT2D eigenvalue weighted by Gasteiger charge is 2.25. The van der Waals surface area contributed by atoms with E-state index in [1.807, 2.05) is 6.07 Å². The number of methoxy groups -OCH3 is 1. The third kappa shape index (κ3) is 3.60. The van der Waals surface area contributed by atoms with E-state index < -0.39 is 10.0 Å². The molecule has 0 aliphatic carbocycles. The fourth-order valence-electron chi connectivity index (χ4n) is 2.10. The number of pyridine rings is 1. The summed E-state index contributed by atoms with van der Waals surface area (Å²) < 4.78 is 32.2. The van der Waals surface area contributed by atoms with E-state index in [2.05, 4.69) is 20.9 Å². The van der Waals surface area contributed by atoms with Gasteiger partial charge in [-0.05, 0) is 12.1 Å². The van der Waals surface area contributed by atoms with Crippen molar-refractivity contribution in [2.75, 3.05) is 32.1 Å². The zero-order chi connectivity index (χ0) is 15.3. The molecule has 0 saturated heterocycles. The Morgan fingerprint density at radius 2 is 2.10 bits per heavy atom. The minimum Gasteiger partial charge on any atom is -0.383 e. The van der Waals surface area contributed by atoms with Gasteiger partial charge in [0.2, 0.25) is 10.0 Å². The quantitative estimate of drug-likeness (QED) is 0.699. The molecule has 0 amide bonds. The number of rotatable bonds is 7. The zero-order valence-electron chi connectivity index (χ0n) is 11.7. The number of sulfonamides is 1. The first-order valence-electron chi connectivity index (χ1n) is 6.49. The standard InChI is InChI=1S/C14H17BrN2O3S/c1-20-10-9-17(8-6-15)21(18,19)14-4-2-3-12-11-16-7-5-13(12)14/h2-5,7,11H,6,8-10H2,1H3. The molecule has 1 aromatic carbocycles. The lowest BCUT2D eigenvalue weighted by atomic mass is 10.2. The largest absolute Gasteiger partial charge is 0.383 e. The normalized spacial score (nSPS) is 12.1. The number of hydrogen-bond acceptors (Lipinski definition) is 4. The molecule has 114 valence electrons. The minimum absolute atomic E-state index is 0.305. The molecule has 0 radical (unpaired) electrons. The van der Waals surface area contributed by atoms with Crippen LogP contribution in [-0.4, -0.2) is 49.8 Å². The molecule has 0 aliphatic heterocycles. The van der Waals surface area contributed by atoms with Gasteiger partial charge >= 0.3 is 0 Å². The number of aromatic nitrogens is 1. The molecule has 0 atom stereocenters. The number of hydrogen-bond donors (Lipinski definition) is 0. The Kier molecular flexibility index (Phi) is 5.69. The molecule has 0 saturated carbocycles. The average Bonchev–Trinajstić information content (AvgIpc) is 2.50. The van der Waals surface area contributed by atoms with Crippen LogP contribution >= 0.6 is 15.9 Å². The van der Waals surface area contributed by atoms with Crippen molar-refractivity contribution in [2.45, 2.75) is 4.90 Å². The topological polar surface area (TPSA) is 59.5 Å². The molecule has 0 bridgehead atoms. The summed E-state index contributed by atoms with van der Waals surface area (Å²) in [7, 11) is -2.01. The second kappa shape index (κ2) is 7.31. The summed E-state index contributed by atoms with van der Waals surface area (Å²) in [5, 5.41) is 2.07. The molecule has 0 fully saturated rings. The lowest BCUT2D eigenvalue weighted by Crippen LogP contribution is -2.35. The van der Waals surface area contributed by atoms with E-state index >= 15 is 0 Å². The molecule has 0 N–H and O–H groups in total. The fraction of sp³-hybridized carbons (Fsp3) is 0.357. The van der Waals surface area contributed by atoms with E-state index in [-0.39, 0.29) is 0 Å². The van der Waals surface area contributed by atoms with Gasteiger partial charge in [-0.25, -0.2) is 8.42 Å². The van der Waals surface area contributed by atoms with E-state index in [0.717, 1.165) is 5.39 Å². The first kappa shape index (κ1) is 16.4. The number of nitrogens with zero attached hydrogens (tertiary/aromatic N) is 2. The van der Waals surface area contributed by atoms with Crippen LogP contribution in [0, 0.1) is 0 Å². The minimum atomic E-state index is -3.57. The maximum Gasteiger partial charge on any atom is 0.243 e. The van der Waals surface area contributed by atoms with E-state index in [1.54, 1.807) is 37.7 Å². The van der Waals surface area contributed by atoms with Gasteiger partial charge in [-0.3, -0.25) is 4.98 Å². The molecule has 0 aliphatic rings. The SMILES string of the molecule is COCCN(CCBr)S(=O)(=O)c1cccc2cnccc12. The van der Waals surface area contributed by atoms with Gasteiger partial charge < -0.3 is 4.74 Å². The van der Waals surface area contributed by atoms with Crippen molar-refractivity contribution in [3.05, 3.63) is 36.7 Å². The molecule has 1 aromatic heterocycles. The molecule has 0 unspecified atom stereocenters. The molecule has 5 nitrogen and oxygen atoms in total. The van der Waals surface area contributed by atoms with Crippen molar-refractivity contribution in [1.29, 1.82) is 0 Å². The van der Waals surface area contributed by atoms with Crippen LogP contribution in [0.25, 0.3) is 10.8 Å². The number of alkyl halides is 1. The highest BCUT2D eigenvalue weighted by molar-refractivity contribution is 9.09. The van der Waals surface area contributed by atoms with Gasteiger partial charge in [0, 0.05) is 48.7 Å². The van der Waals surface area contributed by atoms with Crippen LogP contribution in [0.3, 0.4) is 0 Å². The van der Waals surface area contributed by atoms with Crippen LogP contribution in [0.4, 0.5) is 0 Å². The van der Waals surface area contributed by atoms with E-state index in [9.17, 15) is 8.42 Å². The van der Waals surface area contributed by atoms with Crippen LogP contribution < -0.4 is 0 Å². The van der Waals surface area contributed by atoms with Gasteiger partial charge in [-0.1, -0.05) is 28.1 Å². The zero-order valence-corrected chi connectivity index (χ0v) is 14.1. The lowest BCUT2D eigenvalue weighted by molar-refractivity contribution is 0.181. The Bertz CT molecular complexity index is 701. The molecular formula is C14H17BrN2O3S. The maximum atomic E-state index is 12.9. The predicted octanol–water partition coefficient (Wildman–Crippen LogP) is 2.27. The highest BCUT2D eigenvalue weighted by Crippen LogP contribution is 2.25. The number of benzene rings is 1. The second-order valence-corrected chi connectivity index (χ2v) is 7.14. The van der Waals surface area contributed by atoms with E-state index in [4.69, 9.17) is 4.74 Å². The van der Waals surface area contributed by atoms with Crippen LogP contribution in [0.2, 0.25) is 0 Å². The Morgan fingerprint density at radius 1 is 1.29 bits per heavy atom. The Labute approximate surface area is 133 Å². The van der Waals surface area contributed by atoms with Crippen LogP contribution in [0.1, 0.15) is 0 Å². The third-order valence-electron chi connectivity index (χ3n) is 3.14. The summed E-state index contributed by atoms with van der Waals surface area (Å²) in [6.45, 7) is 1.08. The first-order valence-corrected chi connectivity index (χ1v) is 9.05. The lowest BCUT2D eigenvalue weighted by Gasteiger charge is -2.21. The summed E-state index contributed by atoms with van der Waals surface area (Å²) in [5.41, 5.74) is 0. The van der Waals surface area contributed by atoms with Gasteiger partial charge in [0.25, 0.3) is 0 Å². The van der Waals surface area contributed by atoms with Crippen LogP contribution in [0.15, 0.2) is 41.6 Å². The molecule has 0 spiro atoms. The number of fused-ring (bicyclic) bond motifs is 1. The summed E-state index contributed by atoms with van der Waals surface area (Å²) in [5.74, 6) is 0. The first-order chi connectivity index (χ1) is 10.1. The summed E-state index contributed by atoms with van der Waals surface area (Å²) >= 11 is 3.30. The summed E-state index contributed by atoms with van der Waals surface area (Å²) in [6, 6.07) is 6.95. The van der Waals surface area contributed by atoms with E-state index in [0.29, 0.717) is 35.3 Å². The van der Waals surface area contributed by atoms with Gasteiger partial charge in [0.15, 0.2) is 0 Å². The van der Waals surface area contributed by atoms with Gasteiger partial charge in [-0.2, -0.15) is 4.31 Å². The maximum absolute atomic E-state index is 12.9. The summed E-state index contributed by atoms with van der Waals surface area (Å²) in [4.78, 5) is 4.34. The van der Waals surface area contributed by atoms with Crippen molar-refractivity contribution in [3.8, 4) is 0 Å². The van der Waals surface area contributed by atoms with Crippen LogP contribution in [0.5, 0.6) is 0 Å². The van der Waals surface area contributed by atoms with Crippen molar-refractivity contribution >= 4 is 36.7 Å². The van der Waals surface area contributed by atoms with Gasteiger partial charge in [0.05, 0.1) is 11.5 Å². The Hall–Kier alpha value is -1.02. The molecule has 1 heterocycles. The number of halogens is 1. The average molecular weight is 373 g/mol. The molecule has 21 heavy (non-hydrogen) atoms. The smallest absolute Gasteiger partial charge is 0.243 e. The molecule has 7 heteroatoms. The monoisotopic (exact) mass is 372 g/mol. The molecular weight excluding hydrogens is 356 g/mol. The van der Waals surface area contributed by atoms with Crippen molar-refractivity contribution in [2.24, 2.45) is 0 Å². The highest BCUT2D eigenvalue weighted by atomic mass is 79.9. The van der Waals surface area contributed by atoms with Gasteiger partial charge in [-0.15, -0.1) is 0 Å². The van der Waals surface area contributed by atoms with Crippen molar-refractivity contribution < 1.29 is 13.2 Å². The summed E-state index contributed by atoms with van der Waals surface area (Å²) in [6.07, 6.45) is 3.27. The molecule has 2 aromatic rings. The fourth-order valence-corrected chi connectivity index (χ4v) is 4.40. The van der Waals surface area contributed by atoms with Gasteiger partial charge in [0.1, 0.15) is 0 Å². The van der Waals surface area contributed by atoms with Crippen molar-refractivity contribution in [1.82, 2.24) is 9.29 Å². The predicted molar refractivity (Wildman–Crippen MR) is 86.2 cm³/mol. The molecule has 2 rings (SSSR count). The Morgan fingerprint density at radius 3 is 2.81 bits per heavy atom. The van der Waals surface area contributed by atoms with E-state index in [1.165, 1.54) is 4.31 Å².